The van der Waals surface area contributed by atoms with Crippen LogP contribution in [0.3, 0.4) is 0 Å². The number of hydrogen-bond acceptors (Lipinski definition) is 10. The molecule has 2 aliphatic carbocycles. The molecule has 2 aliphatic heterocycles. The number of amides is 2. The number of nitrogens with zero attached hydrogens (tertiary/aromatic N) is 2. The number of fused-ring (bicyclic) bond motifs is 4. The number of carbonyl (C=O) groups is 4. The number of hydrogen-bond donors (Lipinski definition) is 6. The normalized spacial score (nSPS) is 25.0. The second-order valence-corrected chi connectivity index (χ2v) is 17.9. The molecule has 0 bridgehead atoms. The van der Waals surface area contributed by atoms with Gasteiger partial charge in [0, 0.05) is 25.5 Å². The van der Waals surface area contributed by atoms with Gasteiger partial charge < -0.3 is 40.2 Å². The van der Waals surface area contributed by atoms with Crippen LogP contribution in [0.15, 0.2) is 58.4 Å². The molecule has 4 atom stereocenters. The number of carbonyl (C=O) groups excluding carboxylic acids is 4. The maximum atomic E-state index is 13.3. The zero-order valence-corrected chi connectivity index (χ0v) is 35.3. The van der Waals surface area contributed by atoms with Crippen molar-refractivity contribution in [2.24, 2.45) is 10.8 Å². The monoisotopic (exact) mass is 896 g/mol. The van der Waals surface area contributed by atoms with Crippen molar-refractivity contribution in [2.75, 3.05) is 0 Å². The summed E-state index contributed by atoms with van der Waals surface area (Å²) in [4.78, 5) is 77.0. The highest BCUT2D eigenvalue weighted by Gasteiger charge is 2.59. The predicted molar refractivity (Wildman–Crippen MR) is 222 cm³/mol. The molecule has 8 rings (SSSR count). The quantitative estimate of drug-likeness (QED) is 0.142. The Morgan fingerprint density at radius 2 is 1.00 bits per heavy atom. The van der Waals surface area contributed by atoms with Crippen molar-refractivity contribution in [1.29, 1.82) is 0 Å². The van der Waals surface area contributed by atoms with Crippen molar-refractivity contribution in [1.82, 2.24) is 19.8 Å². The Balaban J connectivity index is 0.000000186. The molecule has 2 fully saturated rings. The topological polar surface area (TPSA) is 217 Å². The molecule has 62 heavy (non-hydrogen) atoms. The lowest BCUT2D eigenvalue weighted by Crippen LogP contribution is -2.60. The summed E-state index contributed by atoms with van der Waals surface area (Å²) in [5, 5.41) is 48.3. The first-order valence-corrected chi connectivity index (χ1v) is 20.8. The molecule has 18 heteroatoms. The van der Waals surface area contributed by atoms with Crippen LogP contribution in [0.1, 0.15) is 118 Å². The Morgan fingerprint density at radius 1 is 0.645 bits per heavy atom. The summed E-state index contributed by atoms with van der Waals surface area (Å²) < 4.78 is 29.2. The second kappa shape index (κ2) is 16.4. The summed E-state index contributed by atoms with van der Waals surface area (Å²) in [5.74, 6) is -5.31. The molecule has 0 unspecified atom stereocenters. The first-order chi connectivity index (χ1) is 29.1. The maximum Gasteiger partial charge on any atom is 0.257 e. The van der Waals surface area contributed by atoms with Crippen LogP contribution in [-0.4, -0.2) is 64.1 Å². The predicted octanol–water partition coefficient (Wildman–Crippen LogP) is 5.57. The van der Waals surface area contributed by atoms with Crippen LogP contribution in [0, 0.1) is 22.5 Å². The molecule has 328 valence electrons. The standard InChI is InChI=1S/2C22H22ClFN2O5/c2*1-21-6-2-3-7-22(21,31)11-26-10-13(17(27)18(28)16(26)19(21)29)20(30)25-9-12-4-5-15(24)14(23)8-12/h2*4-5,8,10,28,31H,2-3,6-7,9,11H2,1H3,(H,25,30)/t2*21-,22-/m10/s1. The summed E-state index contributed by atoms with van der Waals surface area (Å²) in [5.41, 5.74) is -6.79. The highest BCUT2D eigenvalue weighted by atomic mass is 35.5. The number of halogens is 4. The number of rotatable bonds is 6. The molecule has 4 heterocycles. The molecule has 4 aliphatic rings. The minimum atomic E-state index is -1.32. The molecule has 2 aromatic carbocycles. The van der Waals surface area contributed by atoms with Gasteiger partial charge in [-0.2, -0.15) is 0 Å². The van der Waals surface area contributed by atoms with Crippen molar-refractivity contribution in [3.63, 3.8) is 0 Å². The molecular weight excluding hydrogens is 853 g/mol. The lowest BCUT2D eigenvalue weighted by atomic mass is 9.59. The van der Waals surface area contributed by atoms with E-state index in [0.717, 1.165) is 37.8 Å². The summed E-state index contributed by atoms with van der Waals surface area (Å²) >= 11 is 11.5. The first-order valence-electron chi connectivity index (χ1n) is 20.1. The fourth-order valence-corrected chi connectivity index (χ4v) is 9.66. The number of aliphatic hydroxyl groups is 2. The minimum absolute atomic E-state index is 0.00768. The van der Waals surface area contributed by atoms with Gasteiger partial charge >= 0.3 is 0 Å². The van der Waals surface area contributed by atoms with Crippen LogP contribution in [0.2, 0.25) is 10.0 Å². The Hall–Kier alpha value is -5.42. The largest absolute Gasteiger partial charge is 0.503 e. The molecule has 4 aromatic rings. The van der Waals surface area contributed by atoms with Crippen LogP contribution in [-0.2, 0) is 26.2 Å². The lowest BCUT2D eigenvalue weighted by molar-refractivity contribution is -0.104. The summed E-state index contributed by atoms with van der Waals surface area (Å²) in [7, 11) is 0. The number of nitrogens with one attached hydrogen (secondary N) is 2. The number of benzene rings is 2. The van der Waals surface area contributed by atoms with E-state index in [1.54, 1.807) is 13.8 Å². The van der Waals surface area contributed by atoms with Crippen molar-refractivity contribution >= 4 is 46.6 Å². The smallest absolute Gasteiger partial charge is 0.257 e. The molecule has 2 amide bonds. The molecule has 6 N–H and O–H groups in total. The zero-order valence-electron chi connectivity index (χ0n) is 33.7. The molecule has 2 saturated carbocycles. The van der Waals surface area contributed by atoms with Gasteiger partial charge in [0.15, 0.2) is 23.1 Å². The fourth-order valence-electron chi connectivity index (χ4n) is 9.26. The third kappa shape index (κ3) is 7.50. The average molecular weight is 898 g/mol. The van der Waals surface area contributed by atoms with E-state index in [4.69, 9.17) is 23.2 Å². The number of Topliss-reactive ketones (excluding diaryl/α,β-unsaturated/α-hetero) is 2. The molecule has 0 spiro atoms. The fraction of sp³-hybridized carbons (Fsp3) is 0.409. The summed E-state index contributed by atoms with van der Waals surface area (Å²) in [6.45, 7) is 3.26. The van der Waals surface area contributed by atoms with Gasteiger partial charge in [-0.05, 0) is 74.9 Å². The lowest BCUT2D eigenvalue weighted by Gasteiger charge is -2.51. The third-order valence-electron chi connectivity index (χ3n) is 13.3. The van der Waals surface area contributed by atoms with E-state index in [2.05, 4.69) is 10.6 Å². The van der Waals surface area contributed by atoms with Gasteiger partial charge in [0.05, 0.1) is 45.2 Å². The van der Waals surface area contributed by atoms with Gasteiger partial charge in [0.2, 0.25) is 10.9 Å². The van der Waals surface area contributed by atoms with E-state index < -0.39 is 79.4 Å². The Morgan fingerprint density at radius 3 is 1.35 bits per heavy atom. The number of ketones is 2. The van der Waals surface area contributed by atoms with Crippen LogP contribution in [0.5, 0.6) is 11.5 Å². The molecule has 2 aromatic heterocycles. The number of aromatic hydroxyl groups is 2. The Kier molecular flexibility index (Phi) is 11.8. The SMILES string of the molecule is C[C@@]12CCCC[C@]1(O)Cn1cc(C(=O)NCc3ccc(F)c(Cl)c3)c(=O)c(O)c1C2=O.C[C@]12CCCC[C@@]1(O)Cn1cc(C(=O)NCc3ccc(F)c(Cl)c3)c(=O)c(O)c1C2=O. The van der Waals surface area contributed by atoms with Crippen molar-refractivity contribution in [2.45, 2.75) is 103 Å². The Bertz CT molecular complexity index is 2510. The van der Waals surface area contributed by atoms with Gasteiger partial charge in [-0.1, -0.05) is 61.0 Å². The van der Waals surface area contributed by atoms with Gasteiger partial charge in [-0.3, -0.25) is 28.8 Å². The zero-order chi connectivity index (χ0) is 45.1. The van der Waals surface area contributed by atoms with Gasteiger partial charge in [-0.25, -0.2) is 8.78 Å². The van der Waals surface area contributed by atoms with Crippen LogP contribution in [0.25, 0.3) is 0 Å². The van der Waals surface area contributed by atoms with Crippen molar-refractivity contribution in [3.05, 3.63) is 125 Å². The van der Waals surface area contributed by atoms with Crippen LogP contribution in [0.4, 0.5) is 8.78 Å². The number of pyridine rings is 2. The Labute approximate surface area is 363 Å². The number of aromatic nitrogens is 2. The average Bonchev–Trinajstić information content (AvgIpc) is 3.22. The van der Waals surface area contributed by atoms with Gasteiger partial charge in [0.1, 0.15) is 34.1 Å². The third-order valence-corrected chi connectivity index (χ3v) is 13.8. The summed E-state index contributed by atoms with van der Waals surface area (Å²) in [6.07, 6.45) is 7.19. The van der Waals surface area contributed by atoms with Crippen LogP contribution < -0.4 is 21.5 Å². The second-order valence-electron chi connectivity index (χ2n) is 17.1. The molecule has 0 saturated heterocycles. The molecule has 0 radical (unpaired) electrons. The molecule has 14 nitrogen and oxygen atoms in total. The van der Waals surface area contributed by atoms with E-state index >= 15 is 0 Å². The first kappa shape index (κ1) is 44.6. The van der Waals surface area contributed by atoms with E-state index in [9.17, 15) is 58.0 Å². The van der Waals surface area contributed by atoms with E-state index in [1.807, 2.05) is 0 Å². The van der Waals surface area contributed by atoms with E-state index in [0.29, 0.717) is 36.8 Å². The minimum Gasteiger partial charge on any atom is -0.503 e. The van der Waals surface area contributed by atoms with Crippen molar-refractivity contribution in [3.8, 4) is 11.5 Å². The highest BCUT2D eigenvalue weighted by molar-refractivity contribution is 6.31. The van der Waals surface area contributed by atoms with Crippen molar-refractivity contribution < 1.29 is 48.4 Å². The van der Waals surface area contributed by atoms with Gasteiger partial charge in [0.25, 0.3) is 11.8 Å². The highest BCUT2D eigenvalue weighted by Crippen LogP contribution is 2.52. The van der Waals surface area contributed by atoms with E-state index in [-0.39, 0.29) is 58.7 Å². The summed E-state index contributed by atoms with van der Waals surface area (Å²) in [6, 6.07) is 7.92. The van der Waals surface area contributed by atoms with Gasteiger partial charge in [-0.15, -0.1) is 0 Å². The maximum absolute atomic E-state index is 13.3. The van der Waals surface area contributed by atoms with E-state index in [1.165, 1.54) is 45.8 Å². The molecular formula is C44H44Cl2F2N4O10. The van der Waals surface area contributed by atoms with Crippen LogP contribution >= 0.6 is 23.2 Å².